The summed E-state index contributed by atoms with van der Waals surface area (Å²) in [6, 6.07) is 66.7. The quantitative estimate of drug-likeness (QED) is 0.177. The van der Waals surface area contributed by atoms with E-state index in [2.05, 4.69) is 191 Å². The monoisotopic (exact) mass is 666 g/mol. The SMILES string of the molecule is c1ccc(-c2cc(-c3ccc4c(c3)c3ccccc3n4-c3cccc4sc5ccccc5c34)cc(-n3c4ccccc4c4ccccc43)c2)cc1. The van der Waals surface area contributed by atoms with Gasteiger partial charge in [-0.05, 0) is 89.0 Å². The van der Waals surface area contributed by atoms with Gasteiger partial charge in [0.2, 0.25) is 0 Å². The topological polar surface area (TPSA) is 9.86 Å². The van der Waals surface area contributed by atoms with Crippen LogP contribution in [0.5, 0.6) is 0 Å². The first-order valence-electron chi connectivity index (χ1n) is 17.4. The van der Waals surface area contributed by atoms with Gasteiger partial charge in [-0.1, -0.05) is 115 Å². The second-order valence-electron chi connectivity index (χ2n) is 13.3. The predicted molar refractivity (Wildman–Crippen MR) is 219 cm³/mol. The van der Waals surface area contributed by atoms with Crippen molar-refractivity contribution >= 4 is 75.1 Å². The Hall–Kier alpha value is -6.42. The van der Waals surface area contributed by atoms with Crippen molar-refractivity contribution in [3.8, 4) is 33.6 Å². The molecule has 0 saturated carbocycles. The molecule has 0 fully saturated rings. The third-order valence-corrected chi connectivity index (χ3v) is 11.6. The molecule has 3 aromatic heterocycles. The summed E-state index contributed by atoms with van der Waals surface area (Å²) in [4.78, 5) is 0. The Labute approximate surface area is 298 Å². The number of rotatable bonds is 4. The Balaban J connectivity index is 1.17. The smallest absolute Gasteiger partial charge is 0.0555 e. The number of hydrogen-bond acceptors (Lipinski definition) is 1. The van der Waals surface area contributed by atoms with Crippen molar-refractivity contribution in [2.24, 2.45) is 0 Å². The van der Waals surface area contributed by atoms with Gasteiger partial charge in [-0.2, -0.15) is 0 Å². The van der Waals surface area contributed by atoms with E-state index in [-0.39, 0.29) is 0 Å². The first-order valence-corrected chi connectivity index (χ1v) is 18.3. The van der Waals surface area contributed by atoms with Crippen LogP contribution in [0.3, 0.4) is 0 Å². The fraction of sp³-hybridized carbons (Fsp3) is 0. The molecular weight excluding hydrogens is 637 g/mol. The summed E-state index contributed by atoms with van der Waals surface area (Å²) in [6.07, 6.45) is 0. The first-order chi connectivity index (χ1) is 25.3. The standard InChI is InChI=1S/C48H30N2S/c1-2-13-31(14-3-1)33-27-34(29-35(28-33)49-41-19-8-4-15-36(41)37-16-5-9-20-42(37)49)32-25-26-44-40(30-32)38-17-6-10-21-43(38)50(44)45-22-12-24-47-48(45)39-18-7-11-23-46(39)51-47/h1-30H. The number of para-hydroxylation sites is 3. The lowest BCUT2D eigenvalue weighted by atomic mass is 9.96. The van der Waals surface area contributed by atoms with Crippen LogP contribution in [0.15, 0.2) is 182 Å². The van der Waals surface area contributed by atoms with E-state index in [0.29, 0.717) is 0 Å². The number of benzene rings is 8. The normalized spacial score (nSPS) is 11.9. The molecule has 0 aliphatic heterocycles. The van der Waals surface area contributed by atoms with E-state index >= 15 is 0 Å². The Morgan fingerprint density at radius 2 is 0.863 bits per heavy atom. The first kappa shape index (κ1) is 28.4. The minimum atomic E-state index is 1.15. The Bertz CT molecular complexity index is 3090. The van der Waals surface area contributed by atoms with E-state index in [0.717, 1.165) is 5.69 Å². The van der Waals surface area contributed by atoms with E-state index in [1.165, 1.54) is 91.7 Å². The molecule has 3 heteroatoms. The zero-order chi connectivity index (χ0) is 33.5. The van der Waals surface area contributed by atoms with E-state index in [1.54, 1.807) is 0 Å². The fourth-order valence-corrected chi connectivity index (χ4v) is 9.39. The molecule has 3 heterocycles. The molecule has 8 aromatic carbocycles. The van der Waals surface area contributed by atoms with Gasteiger partial charge in [0.05, 0.1) is 27.8 Å². The predicted octanol–water partition coefficient (Wildman–Crippen LogP) is 13.6. The molecule has 11 rings (SSSR count). The molecule has 51 heavy (non-hydrogen) atoms. The van der Waals surface area contributed by atoms with Crippen LogP contribution in [0.25, 0.3) is 97.4 Å². The van der Waals surface area contributed by atoms with Crippen molar-refractivity contribution in [2.75, 3.05) is 0 Å². The molecule has 0 saturated heterocycles. The van der Waals surface area contributed by atoms with E-state index in [1.807, 2.05) is 11.3 Å². The highest BCUT2D eigenvalue weighted by molar-refractivity contribution is 7.25. The Kier molecular flexibility index (Phi) is 6.16. The highest BCUT2D eigenvalue weighted by Crippen LogP contribution is 2.42. The molecule has 2 nitrogen and oxygen atoms in total. The Morgan fingerprint density at radius 3 is 1.59 bits per heavy atom. The Morgan fingerprint density at radius 1 is 0.314 bits per heavy atom. The van der Waals surface area contributed by atoms with Crippen molar-refractivity contribution in [3.63, 3.8) is 0 Å². The van der Waals surface area contributed by atoms with Gasteiger partial charge in [0, 0.05) is 47.4 Å². The number of thiophene rings is 1. The van der Waals surface area contributed by atoms with Crippen molar-refractivity contribution in [2.45, 2.75) is 0 Å². The average Bonchev–Trinajstić information content (AvgIpc) is 3.86. The fourth-order valence-electron chi connectivity index (χ4n) is 8.26. The summed E-state index contributed by atoms with van der Waals surface area (Å²) in [5.41, 5.74) is 12.0. The lowest BCUT2D eigenvalue weighted by molar-refractivity contribution is 1.18. The van der Waals surface area contributed by atoms with Gasteiger partial charge in [-0.15, -0.1) is 11.3 Å². The van der Waals surface area contributed by atoms with E-state index in [9.17, 15) is 0 Å². The van der Waals surface area contributed by atoms with Crippen LogP contribution in [0.2, 0.25) is 0 Å². The molecule has 11 aromatic rings. The van der Waals surface area contributed by atoms with Crippen molar-refractivity contribution in [1.29, 1.82) is 0 Å². The third kappa shape index (κ3) is 4.29. The number of nitrogens with zero attached hydrogens (tertiary/aromatic N) is 2. The minimum Gasteiger partial charge on any atom is -0.309 e. The molecule has 0 radical (unpaired) electrons. The molecule has 0 atom stereocenters. The van der Waals surface area contributed by atoms with Gasteiger partial charge in [-0.3, -0.25) is 0 Å². The van der Waals surface area contributed by atoms with Gasteiger partial charge in [0.15, 0.2) is 0 Å². The lowest BCUT2D eigenvalue weighted by Gasteiger charge is -2.14. The molecule has 0 N–H and O–H groups in total. The molecule has 0 spiro atoms. The molecule has 0 unspecified atom stereocenters. The summed E-state index contributed by atoms with van der Waals surface area (Å²) in [5, 5.41) is 7.67. The van der Waals surface area contributed by atoms with Crippen LogP contribution in [0, 0.1) is 0 Å². The van der Waals surface area contributed by atoms with Crippen LogP contribution < -0.4 is 0 Å². The highest BCUT2D eigenvalue weighted by Gasteiger charge is 2.19. The maximum absolute atomic E-state index is 2.47. The maximum atomic E-state index is 2.47. The molecule has 0 amide bonds. The molecular formula is C48H30N2S. The van der Waals surface area contributed by atoms with E-state index in [4.69, 9.17) is 0 Å². The summed E-state index contributed by atoms with van der Waals surface area (Å²) in [5.74, 6) is 0. The van der Waals surface area contributed by atoms with Gasteiger partial charge in [0.25, 0.3) is 0 Å². The maximum Gasteiger partial charge on any atom is 0.0555 e. The zero-order valence-corrected chi connectivity index (χ0v) is 28.4. The van der Waals surface area contributed by atoms with Crippen LogP contribution in [-0.2, 0) is 0 Å². The summed E-state index contributed by atoms with van der Waals surface area (Å²) < 4.78 is 7.53. The largest absolute Gasteiger partial charge is 0.309 e. The zero-order valence-electron chi connectivity index (χ0n) is 27.6. The average molecular weight is 667 g/mol. The van der Waals surface area contributed by atoms with Gasteiger partial charge in [-0.25, -0.2) is 0 Å². The second kappa shape index (κ2) is 11.0. The molecule has 0 bridgehead atoms. The summed E-state index contributed by atoms with van der Waals surface area (Å²) in [7, 11) is 0. The van der Waals surface area contributed by atoms with Crippen molar-refractivity contribution in [3.05, 3.63) is 182 Å². The van der Waals surface area contributed by atoms with Crippen LogP contribution >= 0.6 is 11.3 Å². The number of fused-ring (bicyclic) bond motifs is 9. The van der Waals surface area contributed by atoms with Gasteiger partial charge < -0.3 is 9.13 Å². The molecule has 0 aliphatic carbocycles. The summed E-state index contributed by atoms with van der Waals surface area (Å²) in [6.45, 7) is 0. The lowest BCUT2D eigenvalue weighted by Crippen LogP contribution is -1.96. The van der Waals surface area contributed by atoms with Crippen LogP contribution in [0.4, 0.5) is 0 Å². The van der Waals surface area contributed by atoms with Gasteiger partial charge in [0.1, 0.15) is 0 Å². The second-order valence-corrected chi connectivity index (χ2v) is 14.4. The summed E-state index contributed by atoms with van der Waals surface area (Å²) >= 11 is 1.87. The number of aromatic nitrogens is 2. The van der Waals surface area contributed by atoms with E-state index < -0.39 is 0 Å². The van der Waals surface area contributed by atoms with Crippen LogP contribution in [0.1, 0.15) is 0 Å². The molecule has 0 aliphatic rings. The number of hydrogen-bond donors (Lipinski definition) is 0. The van der Waals surface area contributed by atoms with Crippen LogP contribution in [-0.4, -0.2) is 9.13 Å². The van der Waals surface area contributed by atoms with Crippen molar-refractivity contribution in [1.82, 2.24) is 9.13 Å². The van der Waals surface area contributed by atoms with Crippen molar-refractivity contribution < 1.29 is 0 Å². The third-order valence-electron chi connectivity index (χ3n) is 10.5. The van der Waals surface area contributed by atoms with Gasteiger partial charge >= 0.3 is 0 Å². The highest BCUT2D eigenvalue weighted by atomic mass is 32.1. The molecule has 238 valence electrons. The minimum absolute atomic E-state index is 1.15.